The lowest BCUT2D eigenvalue weighted by atomic mass is 9.75. The van der Waals surface area contributed by atoms with Crippen molar-refractivity contribution in [3.8, 4) is 0 Å². The summed E-state index contributed by atoms with van der Waals surface area (Å²) < 4.78 is 14.1. The van der Waals surface area contributed by atoms with Gasteiger partial charge in [0.15, 0.2) is 16.6 Å². The van der Waals surface area contributed by atoms with E-state index in [0.717, 1.165) is 26.1 Å². The molecular formula is C56H96O2P2Si2. The van der Waals surface area contributed by atoms with E-state index >= 15 is 0 Å². The second-order valence-electron chi connectivity index (χ2n) is 27.9. The van der Waals surface area contributed by atoms with Crippen molar-refractivity contribution in [3.05, 3.63) is 78.7 Å². The van der Waals surface area contributed by atoms with E-state index in [4.69, 9.17) is 8.85 Å². The maximum Gasteiger partial charge on any atom is 0.191 e. The van der Waals surface area contributed by atoms with E-state index in [-0.39, 0.29) is 42.6 Å². The standard InChI is InChI=1S/C56H96O2P2Si2/c1-49(2,3)37-33-41(51(7,8)9)47(42(34-37)52(10,11)12)59-45-39(29-31-57-61(25,26)55(19,20)21)40(30-32-58-62(27,28)56(22,23)24)46(45)60-48-43(53(13,14)15)35-38(50(4,5)6)36-44(48)54(16,17)18/h33-36H,29-32H2,1-28H3. The summed E-state index contributed by atoms with van der Waals surface area (Å²) in [6, 6.07) is 10.2. The van der Waals surface area contributed by atoms with Crippen LogP contribution < -0.4 is 10.6 Å². The molecular weight excluding hydrogens is 823 g/mol. The second kappa shape index (κ2) is 18.2. The first-order valence-electron chi connectivity index (χ1n) is 23.9. The highest BCUT2D eigenvalue weighted by Gasteiger charge is 2.39. The Morgan fingerprint density at radius 1 is 0.371 bits per heavy atom. The second-order valence-corrected chi connectivity index (χ2v) is 39.8. The summed E-state index contributed by atoms with van der Waals surface area (Å²) >= 11 is 0. The molecule has 0 atom stereocenters. The zero-order valence-electron chi connectivity index (χ0n) is 45.8. The maximum atomic E-state index is 7.04. The van der Waals surface area contributed by atoms with Gasteiger partial charge in [0, 0.05) is 33.7 Å². The Bertz CT molecular complexity index is 1930. The fourth-order valence-electron chi connectivity index (χ4n) is 7.42. The molecule has 3 rings (SSSR count). The largest absolute Gasteiger partial charge is 0.416 e. The minimum absolute atomic E-state index is 0.0253. The molecule has 0 saturated carbocycles. The first-order chi connectivity index (χ1) is 27.3. The Hall–Kier alpha value is -1.13. The van der Waals surface area contributed by atoms with Crippen LogP contribution in [-0.4, -0.2) is 29.8 Å². The fraction of sp³-hybridized carbons (Fsp3) is 0.714. The van der Waals surface area contributed by atoms with Crippen LogP contribution >= 0.6 is 16.4 Å². The van der Waals surface area contributed by atoms with E-state index in [2.05, 4.69) is 217 Å². The summed E-state index contributed by atoms with van der Waals surface area (Å²) in [6.45, 7) is 68.6. The summed E-state index contributed by atoms with van der Waals surface area (Å²) in [7, 11) is -1.29. The van der Waals surface area contributed by atoms with E-state index in [9.17, 15) is 0 Å². The molecule has 0 aliphatic rings. The first kappa shape index (κ1) is 55.2. The van der Waals surface area contributed by atoms with Gasteiger partial charge in [-0.15, -0.1) is 0 Å². The summed E-state index contributed by atoms with van der Waals surface area (Å²) in [4.78, 5) is 3.04. The molecule has 62 heavy (non-hydrogen) atoms. The predicted molar refractivity (Wildman–Crippen MR) is 287 cm³/mol. The maximum absolute atomic E-state index is 7.04. The monoisotopic (exact) mass is 919 g/mol. The highest BCUT2D eigenvalue weighted by molar-refractivity contribution is 7.42. The van der Waals surface area contributed by atoms with Gasteiger partial charge in [-0.3, -0.25) is 0 Å². The van der Waals surface area contributed by atoms with Crippen molar-refractivity contribution < 1.29 is 8.85 Å². The SMILES string of the molecule is CC(C)(C)c1cc(C(C)(C)C)c(P=c2c(CCO[Si](C)(C)C(C)(C)C)c(CCO[Si](C)(C)C(C)(C)C)c2=Pc2c(C(C)(C)C)cc(C(C)(C)C)cc2C(C)(C)C)c(C(C)(C)C)c1. The van der Waals surface area contributed by atoms with Gasteiger partial charge in [0.25, 0.3) is 0 Å². The molecule has 0 spiro atoms. The third kappa shape index (κ3) is 13.1. The van der Waals surface area contributed by atoms with Gasteiger partial charge >= 0.3 is 0 Å². The quantitative estimate of drug-likeness (QED) is 0.149. The van der Waals surface area contributed by atoms with Crippen molar-refractivity contribution in [2.24, 2.45) is 0 Å². The van der Waals surface area contributed by atoms with E-state index in [1.807, 2.05) is 0 Å². The van der Waals surface area contributed by atoms with Crippen LogP contribution in [0.3, 0.4) is 0 Å². The zero-order chi connectivity index (χ0) is 48.4. The summed E-state index contributed by atoms with van der Waals surface area (Å²) in [5.41, 5.74) is 11.8. The van der Waals surface area contributed by atoms with Crippen LogP contribution in [0.5, 0.6) is 0 Å². The summed E-state index contributed by atoms with van der Waals surface area (Å²) in [5, 5.41) is 3.31. The molecule has 0 saturated heterocycles. The molecule has 6 heteroatoms. The van der Waals surface area contributed by atoms with Crippen LogP contribution in [0.1, 0.15) is 211 Å². The van der Waals surface area contributed by atoms with Gasteiger partial charge in [-0.25, -0.2) is 0 Å². The Kier molecular flexibility index (Phi) is 16.2. The fourth-order valence-corrected chi connectivity index (χ4v) is 13.6. The summed E-state index contributed by atoms with van der Waals surface area (Å²) in [6.07, 6.45) is 1.86. The molecule has 0 aliphatic carbocycles. The number of hydrogen-bond donors (Lipinski definition) is 0. The van der Waals surface area contributed by atoms with Crippen LogP contribution in [0.25, 0.3) is 0 Å². The van der Waals surface area contributed by atoms with E-state index in [0.29, 0.717) is 0 Å². The predicted octanol–water partition coefficient (Wildman–Crippen LogP) is 17.1. The number of hydrogen-bond acceptors (Lipinski definition) is 2. The van der Waals surface area contributed by atoms with Gasteiger partial charge in [0.2, 0.25) is 0 Å². The van der Waals surface area contributed by atoms with Crippen molar-refractivity contribution in [1.82, 2.24) is 0 Å². The van der Waals surface area contributed by atoms with E-state index < -0.39 is 16.6 Å². The molecule has 0 amide bonds. The Morgan fingerprint density at radius 2 is 0.597 bits per heavy atom. The van der Waals surface area contributed by atoms with Crippen LogP contribution in [0, 0.1) is 9.88 Å². The lowest BCUT2D eigenvalue weighted by Crippen LogP contribution is -2.41. The zero-order valence-corrected chi connectivity index (χ0v) is 49.6. The van der Waals surface area contributed by atoms with E-state index in [1.54, 1.807) is 0 Å². The van der Waals surface area contributed by atoms with Crippen LogP contribution in [0.15, 0.2) is 24.3 Å². The molecule has 0 N–H and O–H groups in total. The van der Waals surface area contributed by atoms with E-state index in [1.165, 1.54) is 81.4 Å². The van der Waals surface area contributed by atoms with Crippen molar-refractivity contribution in [1.29, 1.82) is 0 Å². The molecule has 3 aromatic carbocycles. The van der Waals surface area contributed by atoms with Gasteiger partial charge in [-0.05, 0) is 126 Å². The molecule has 0 fully saturated rings. The van der Waals surface area contributed by atoms with Crippen molar-refractivity contribution >= 4 is 43.7 Å². The lowest BCUT2D eigenvalue weighted by molar-refractivity contribution is 0.285. The number of benzene rings is 2. The van der Waals surface area contributed by atoms with Gasteiger partial charge in [0.1, 0.15) is 0 Å². The lowest BCUT2D eigenvalue weighted by Gasteiger charge is -2.37. The average molecular weight is 920 g/mol. The van der Waals surface area contributed by atoms with Crippen LogP contribution in [-0.2, 0) is 54.2 Å². The molecule has 350 valence electrons. The normalized spacial score (nSPS) is 15.4. The van der Waals surface area contributed by atoms with Gasteiger partial charge in [-0.2, -0.15) is 0 Å². The van der Waals surface area contributed by atoms with Crippen LogP contribution in [0.4, 0.5) is 0 Å². The minimum atomic E-state index is -1.96. The highest BCUT2D eigenvalue weighted by Crippen LogP contribution is 2.43. The highest BCUT2D eigenvalue weighted by atomic mass is 31.1. The topological polar surface area (TPSA) is 18.5 Å². The van der Waals surface area contributed by atoms with Crippen LogP contribution in [0.2, 0.25) is 36.3 Å². The first-order valence-corrected chi connectivity index (χ1v) is 31.5. The van der Waals surface area contributed by atoms with Crippen molar-refractivity contribution in [2.75, 3.05) is 13.2 Å². The average Bonchev–Trinajstić information content (AvgIpc) is 3.03. The van der Waals surface area contributed by atoms with Crippen molar-refractivity contribution in [2.45, 2.75) is 248 Å². The smallest absolute Gasteiger partial charge is 0.191 e. The number of rotatable bonds is 10. The third-order valence-corrected chi connectivity index (χ3v) is 26.1. The molecule has 0 radical (unpaired) electrons. The van der Waals surface area contributed by atoms with Gasteiger partial charge in [-0.1, -0.05) is 207 Å². The summed E-state index contributed by atoms with van der Waals surface area (Å²) in [5.74, 6) is 0. The molecule has 2 nitrogen and oxygen atoms in total. The minimum Gasteiger partial charge on any atom is -0.416 e. The molecule has 0 heterocycles. The molecule has 0 unspecified atom stereocenters. The van der Waals surface area contributed by atoms with Gasteiger partial charge in [0.05, 0.1) is 0 Å². The van der Waals surface area contributed by atoms with Crippen molar-refractivity contribution in [3.63, 3.8) is 0 Å². The Balaban J connectivity index is 2.74. The molecule has 0 bridgehead atoms. The molecule has 0 aromatic heterocycles. The Morgan fingerprint density at radius 3 is 0.774 bits per heavy atom. The molecule has 3 aromatic rings. The molecule has 0 aliphatic heterocycles. The van der Waals surface area contributed by atoms with Gasteiger partial charge < -0.3 is 8.85 Å². The Labute approximate surface area is 390 Å². The third-order valence-electron chi connectivity index (χ3n) is 14.0.